The molecule has 0 aliphatic carbocycles. The third-order valence-electron chi connectivity index (χ3n) is 4.62. The Morgan fingerprint density at radius 1 is 0.885 bits per heavy atom. The zero-order chi connectivity index (χ0) is 18.3. The summed E-state index contributed by atoms with van der Waals surface area (Å²) < 4.78 is 0. The minimum absolute atomic E-state index is 0.274. The zero-order valence-electron chi connectivity index (χ0n) is 14.2. The molecule has 5 heteroatoms. The quantitative estimate of drug-likeness (QED) is 0.743. The highest BCUT2D eigenvalue weighted by Crippen LogP contribution is 2.23. The highest BCUT2D eigenvalue weighted by Gasteiger charge is 2.33. The molecular formula is C21H16N2O3. The third-order valence-corrected chi connectivity index (χ3v) is 4.62. The molecule has 0 fully saturated rings. The minimum atomic E-state index is -0.380. The summed E-state index contributed by atoms with van der Waals surface area (Å²) in [7, 11) is 1.43. The number of carbonyl (C=O) groups excluding carboxylic acids is 3. The first-order chi connectivity index (χ1) is 12.5. The molecule has 0 bridgehead atoms. The highest BCUT2D eigenvalue weighted by atomic mass is 16.2. The van der Waals surface area contributed by atoms with Gasteiger partial charge in [0, 0.05) is 19.2 Å². The van der Waals surface area contributed by atoms with Crippen molar-refractivity contribution in [3.05, 3.63) is 82.9 Å². The summed E-state index contributed by atoms with van der Waals surface area (Å²) in [6.07, 6.45) is 0. The van der Waals surface area contributed by atoms with Crippen molar-refractivity contribution in [1.82, 2.24) is 10.2 Å². The maximum atomic E-state index is 12.4. The third kappa shape index (κ3) is 2.63. The second-order valence-electron chi connectivity index (χ2n) is 6.29. The van der Waals surface area contributed by atoms with E-state index >= 15 is 0 Å². The average Bonchev–Trinajstić information content (AvgIpc) is 2.89. The molecule has 3 aromatic rings. The standard InChI is InChI=1S/C21H16N2O3/c1-23-20(25)17-9-8-16(11-18(17)21(23)26)19(24)22-12-13-6-7-14-4-2-3-5-15(14)10-13/h2-11H,12H2,1H3,(H,22,24). The van der Waals surface area contributed by atoms with Crippen LogP contribution in [0.1, 0.15) is 36.6 Å². The van der Waals surface area contributed by atoms with Crippen LogP contribution in [0.15, 0.2) is 60.7 Å². The van der Waals surface area contributed by atoms with E-state index in [2.05, 4.69) is 5.32 Å². The molecule has 3 aromatic carbocycles. The second kappa shape index (κ2) is 6.11. The number of carbonyl (C=O) groups is 3. The van der Waals surface area contributed by atoms with Gasteiger partial charge in [0.25, 0.3) is 17.7 Å². The summed E-state index contributed by atoms with van der Waals surface area (Å²) >= 11 is 0. The average molecular weight is 344 g/mol. The first-order valence-electron chi connectivity index (χ1n) is 8.27. The highest BCUT2D eigenvalue weighted by molar-refractivity contribution is 6.21. The minimum Gasteiger partial charge on any atom is -0.348 e. The van der Waals surface area contributed by atoms with E-state index in [1.165, 1.54) is 19.2 Å². The molecule has 0 atom stereocenters. The van der Waals surface area contributed by atoms with E-state index in [-0.39, 0.29) is 23.3 Å². The zero-order valence-corrected chi connectivity index (χ0v) is 14.2. The Morgan fingerprint density at radius 2 is 1.62 bits per heavy atom. The van der Waals surface area contributed by atoms with Crippen molar-refractivity contribution in [3.63, 3.8) is 0 Å². The molecule has 0 saturated carbocycles. The molecule has 1 N–H and O–H groups in total. The lowest BCUT2D eigenvalue weighted by Gasteiger charge is -2.07. The number of benzene rings is 3. The Morgan fingerprint density at radius 3 is 2.42 bits per heavy atom. The van der Waals surface area contributed by atoms with Gasteiger partial charge in [-0.05, 0) is 40.6 Å². The van der Waals surface area contributed by atoms with E-state index in [1.54, 1.807) is 6.07 Å². The van der Waals surface area contributed by atoms with Gasteiger partial charge in [0.2, 0.25) is 0 Å². The van der Waals surface area contributed by atoms with Gasteiger partial charge in [0.15, 0.2) is 0 Å². The van der Waals surface area contributed by atoms with E-state index < -0.39 is 0 Å². The first kappa shape index (κ1) is 16.0. The van der Waals surface area contributed by atoms with Gasteiger partial charge in [-0.15, -0.1) is 0 Å². The van der Waals surface area contributed by atoms with Crippen LogP contribution in [0.4, 0.5) is 0 Å². The molecule has 0 spiro atoms. The van der Waals surface area contributed by atoms with Gasteiger partial charge in [-0.25, -0.2) is 0 Å². The predicted molar refractivity (Wildman–Crippen MR) is 98.0 cm³/mol. The van der Waals surface area contributed by atoms with E-state index in [0.717, 1.165) is 21.2 Å². The molecule has 1 aliphatic rings. The van der Waals surface area contributed by atoms with Crippen LogP contribution >= 0.6 is 0 Å². The summed E-state index contributed by atoms with van der Waals surface area (Å²) in [5.74, 6) is -1.00. The molecule has 128 valence electrons. The summed E-state index contributed by atoms with van der Waals surface area (Å²) in [6, 6.07) is 18.6. The van der Waals surface area contributed by atoms with Crippen molar-refractivity contribution in [2.75, 3.05) is 7.05 Å². The SMILES string of the molecule is CN1C(=O)c2ccc(C(=O)NCc3ccc4ccccc4c3)cc2C1=O. The topological polar surface area (TPSA) is 66.5 Å². The summed E-state index contributed by atoms with van der Waals surface area (Å²) in [5.41, 5.74) is 1.96. The fraction of sp³-hybridized carbons (Fsp3) is 0.0952. The Bertz CT molecular complexity index is 1070. The second-order valence-corrected chi connectivity index (χ2v) is 6.29. The largest absolute Gasteiger partial charge is 0.348 e. The predicted octanol–water partition coefficient (Wildman–Crippen LogP) is 3.00. The molecule has 1 heterocycles. The van der Waals surface area contributed by atoms with E-state index in [4.69, 9.17) is 0 Å². The molecule has 0 radical (unpaired) electrons. The summed E-state index contributed by atoms with van der Waals surface area (Å²) in [4.78, 5) is 37.5. The molecule has 0 saturated heterocycles. The fourth-order valence-corrected chi connectivity index (χ4v) is 3.14. The van der Waals surface area contributed by atoms with Crippen LogP contribution < -0.4 is 5.32 Å². The van der Waals surface area contributed by atoms with Crippen LogP contribution in [-0.2, 0) is 6.54 Å². The van der Waals surface area contributed by atoms with Crippen molar-refractivity contribution in [1.29, 1.82) is 0 Å². The molecule has 5 nitrogen and oxygen atoms in total. The van der Waals surface area contributed by atoms with Crippen molar-refractivity contribution >= 4 is 28.5 Å². The number of nitrogens with zero attached hydrogens (tertiary/aromatic N) is 1. The normalized spacial score (nSPS) is 13.2. The van der Waals surface area contributed by atoms with E-state index in [1.807, 2.05) is 42.5 Å². The molecule has 4 rings (SSSR count). The lowest BCUT2D eigenvalue weighted by Crippen LogP contribution is -2.24. The smallest absolute Gasteiger partial charge is 0.261 e. The summed E-state index contributed by atoms with van der Waals surface area (Å²) in [5, 5.41) is 5.12. The lowest BCUT2D eigenvalue weighted by molar-refractivity contribution is 0.0693. The van der Waals surface area contributed by atoms with Gasteiger partial charge in [-0.1, -0.05) is 36.4 Å². The molecule has 0 unspecified atom stereocenters. The van der Waals surface area contributed by atoms with Gasteiger partial charge < -0.3 is 5.32 Å². The van der Waals surface area contributed by atoms with Crippen molar-refractivity contribution in [2.45, 2.75) is 6.54 Å². The summed E-state index contributed by atoms with van der Waals surface area (Å²) in [6.45, 7) is 0.382. The molecule has 3 amide bonds. The van der Waals surface area contributed by atoms with Crippen molar-refractivity contribution in [2.24, 2.45) is 0 Å². The maximum absolute atomic E-state index is 12.4. The van der Waals surface area contributed by atoms with Crippen LogP contribution in [0.25, 0.3) is 10.8 Å². The van der Waals surface area contributed by atoms with Crippen LogP contribution in [0.5, 0.6) is 0 Å². The Balaban J connectivity index is 1.52. The Labute approximate surface area is 150 Å². The van der Waals surface area contributed by atoms with Crippen LogP contribution in [0.2, 0.25) is 0 Å². The van der Waals surface area contributed by atoms with Crippen LogP contribution in [0.3, 0.4) is 0 Å². The van der Waals surface area contributed by atoms with Crippen molar-refractivity contribution in [3.8, 4) is 0 Å². The molecule has 0 aromatic heterocycles. The first-order valence-corrected chi connectivity index (χ1v) is 8.27. The number of imide groups is 1. The van der Waals surface area contributed by atoms with Gasteiger partial charge in [0.05, 0.1) is 11.1 Å². The maximum Gasteiger partial charge on any atom is 0.261 e. The number of nitrogens with one attached hydrogen (secondary N) is 1. The number of rotatable bonds is 3. The Hall–Kier alpha value is -3.47. The molecule has 1 aliphatic heterocycles. The van der Waals surface area contributed by atoms with E-state index in [0.29, 0.717) is 17.7 Å². The van der Waals surface area contributed by atoms with Crippen LogP contribution in [0, 0.1) is 0 Å². The van der Waals surface area contributed by atoms with Gasteiger partial charge in [-0.3, -0.25) is 19.3 Å². The monoisotopic (exact) mass is 344 g/mol. The lowest BCUT2D eigenvalue weighted by atomic mass is 10.0. The van der Waals surface area contributed by atoms with Crippen LogP contribution in [-0.4, -0.2) is 29.7 Å². The molecule has 26 heavy (non-hydrogen) atoms. The number of fused-ring (bicyclic) bond motifs is 2. The van der Waals surface area contributed by atoms with E-state index in [9.17, 15) is 14.4 Å². The number of hydrogen-bond donors (Lipinski definition) is 1. The Kier molecular flexibility index (Phi) is 3.77. The van der Waals surface area contributed by atoms with Crippen molar-refractivity contribution < 1.29 is 14.4 Å². The fourth-order valence-electron chi connectivity index (χ4n) is 3.14. The van der Waals surface area contributed by atoms with Gasteiger partial charge >= 0.3 is 0 Å². The molecular weight excluding hydrogens is 328 g/mol. The number of hydrogen-bond acceptors (Lipinski definition) is 3. The van der Waals surface area contributed by atoms with Gasteiger partial charge in [0.1, 0.15) is 0 Å². The number of amides is 3. The van der Waals surface area contributed by atoms with Gasteiger partial charge in [-0.2, -0.15) is 0 Å².